The summed E-state index contributed by atoms with van der Waals surface area (Å²) in [6.45, 7) is 1.04. The first-order valence-electron chi connectivity index (χ1n) is 9.03. The highest BCUT2D eigenvalue weighted by Crippen LogP contribution is 2.19. The fourth-order valence-electron chi connectivity index (χ4n) is 3.19. The Labute approximate surface area is 163 Å². The fraction of sp³-hybridized carbons (Fsp3) is 0.500. The molecule has 8 nitrogen and oxygen atoms in total. The minimum Gasteiger partial charge on any atom is -0.343 e. The molecule has 1 fully saturated rings. The van der Waals surface area contributed by atoms with Crippen molar-refractivity contribution in [3.8, 4) is 11.4 Å². The smallest absolute Gasteiger partial charge is 0.227 e. The van der Waals surface area contributed by atoms with Gasteiger partial charge in [0.2, 0.25) is 27.6 Å². The molecule has 152 valence electrons. The van der Waals surface area contributed by atoms with Gasteiger partial charge in [-0.25, -0.2) is 17.1 Å². The number of amides is 1. The Bertz CT molecular complexity index is 921. The topological polar surface area (TPSA) is 96.6 Å². The van der Waals surface area contributed by atoms with Gasteiger partial charge in [-0.15, -0.1) is 0 Å². The molecule has 0 aliphatic carbocycles. The molecule has 0 bridgehead atoms. The Hall–Kier alpha value is -2.33. The molecule has 1 aliphatic rings. The fourth-order valence-corrected chi connectivity index (χ4v) is 3.95. The summed E-state index contributed by atoms with van der Waals surface area (Å²) < 4.78 is 42.8. The highest BCUT2D eigenvalue weighted by Gasteiger charge is 2.29. The Morgan fingerprint density at radius 2 is 1.93 bits per heavy atom. The molecule has 0 unspecified atom stereocenters. The lowest BCUT2D eigenvalue weighted by molar-refractivity contribution is -0.132. The number of carbonyl (C=O) groups excluding carboxylic acids is 1. The maximum Gasteiger partial charge on any atom is 0.227 e. The monoisotopic (exact) mass is 410 g/mol. The molecule has 1 amide bonds. The summed E-state index contributed by atoms with van der Waals surface area (Å²) in [5.41, 5.74) is 0.639. The number of rotatable bonds is 6. The average Bonchev–Trinajstić information content (AvgIpc) is 3.14. The Morgan fingerprint density at radius 1 is 1.29 bits per heavy atom. The largest absolute Gasteiger partial charge is 0.343 e. The van der Waals surface area contributed by atoms with Crippen molar-refractivity contribution in [3.05, 3.63) is 36.0 Å². The molecule has 2 aromatic rings. The molecule has 0 radical (unpaired) electrons. The van der Waals surface area contributed by atoms with E-state index in [9.17, 15) is 17.6 Å². The predicted molar refractivity (Wildman–Crippen MR) is 100 cm³/mol. The minimum atomic E-state index is -3.23. The number of hydrogen-bond donors (Lipinski definition) is 0. The summed E-state index contributed by atoms with van der Waals surface area (Å²) in [6, 6.07) is 5.69. The van der Waals surface area contributed by atoms with Gasteiger partial charge in [0.1, 0.15) is 5.82 Å². The second-order valence-electron chi connectivity index (χ2n) is 6.91. The quantitative estimate of drug-likeness (QED) is 0.719. The number of likely N-dealkylation sites (tertiary alicyclic amines) is 1. The third-order valence-electron chi connectivity index (χ3n) is 4.98. The summed E-state index contributed by atoms with van der Waals surface area (Å²) in [5.74, 6) is 0.331. The van der Waals surface area contributed by atoms with Gasteiger partial charge in [0.15, 0.2) is 0 Å². The second-order valence-corrected chi connectivity index (χ2v) is 8.95. The average molecular weight is 410 g/mol. The van der Waals surface area contributed by atoms with Crippen LogP contribution in [0.25, 0.3) is 11.4 Å². The number of aromatic nitrogens is 2. The van der Waals surface area contributed by atoms with Gasteiger partial charge < -0.3 is 9.42 Å². The maximum absolute atomic E-state index is 13.0. The Morgan fingerprint density at radius 3 is 2.54 bits per heavy atom. The van der Waals surface area contributed by atoms with Gasteiger partial charge in [-0.05, 0) is 37.1 Å². The summed E-state index contributed by atoms with van der Waals surface area (Å²) in [6.07, 6.45) is 2.97. The standard InChI is InChI=1S/C18H23FN4O4S/c1-22(28(2,25)26)15-9-11-23(12-10-15)17(24)8-7-16-20-18(21-27-16)13-3-5-14(19)6-4-13/h3-6,15H,7-12H2,1-2H3. The molecule has 2 heterocycles. The molecule has 1 aliphatic heterocycles. The van der Waals surface area contributed by atoms with E-state index in [1.54, 1.807) is 24.1 Å². The van der Waals surface area contributed by atoms with Crippen LogP contribution in [0.1, 0.15) is 25.2 Å². The van der Waals surface area contributed by atoms with E-state index in [1.165, 1.54) is 22.7 Å². The normalized spacial score (nSPS) is 15.9. The number of piperidine rings is 1. The summed E-state index contributed by atoms with van der Waals surface area (Å²) in [7, 11) is -1.65. The van der Waals surface area contributed by atoms with Crippen molar-refractivity contribution in [1.82, 2.24) is 19.3 Å². The van der Waals surface area contributed by atoms with Crippen molar-refractivity contribution in [2.24, 2.45) is 0 Å². The molecular formula is C18H23FN4O4S. The first-order chi connectivity index (χ1) is 13.2. The summed E-state index contributed by atoms with van der Waals surface area (Å²) in [5, 5.41) is 3.86. The maximum atomic E-state index is 13.0. The highest BCUT2D eigenvalue weighted by molar-refractivity contribution is 7.88. The lowest BCUT2D eigenvalue weighted by atomic mass is 10.0. The number of hydrogen-bond acceptors (Lipinski definition) is 6. The molecule has 1 saturated heterocycles. The predicted octanol–water partition coefficient (Wildman–Crippen LogP) is 1.69. The van der Waals surface area contributed by atoms with Crippen LogP contribution in [0.3, 0.4) is 0 Å². The van der Waals surface area contributed by atoms with Crippen molar-refractivity contribution in [1.29, 1.82) is 0 Å². The molecule has 0 N–H and O–H groups in total. The molecule has 10 heteroatoms. The molecule has 0 saturated carbocycles. The Balaban J connectivity index is 1.49. The van der Waals surface area contributed by atoms with Crippen LogP contribution in [0, 0.1) is 5.82 Å². The van der Waals surface area contributed by atoms with Crippen LogP contribution in [-0.4, -0.2) is 66.1 Å². The van der Waals surface area contributed by atoms with Gasteiger partial charge in [-0.2, -0.15) is 4.98 Å². The molecule has 0 spiro atoms. The van der Waals surface area contributed by atoms with E-state index in [1.807, 2.05) is 0 Å². The summed E-state index contributed by atoms with van der Waals surface area (Å²) >= 11 is 0. The van der Waals surface area contributed by atoms with Crippen molar-refractivity contribution < 1.29 is 22.1 Å². The first-order valence-corrected chi connectivity index (χ1v) is 10.9. The minimum absolute atomic E-state index is 0.0259. The van der Waals surface area contributed by atoms with Gasteiger partial charge in [-0.1, -0.05) is 5.16 Å². The van der Waals surface area contributed by atoms with Crippen LogP contribution in [0.5, 0.6) is 0 Å². The lowest BCUT2D eigenvalue weighted by Crippen LogP contribution is -2.47. The van der Waals surface area contributed by atoms with E-state index in [4.69, 9.17) is 4.52 Å². The van der Waals surface area contributed by atoms with Crippen LogP contribution >= 0.6 is 0 Å². The van der Waals surface area contributed by atoms with Crippen LogP contribution in [0.2, 0.25) is 0 Å². The van der Waals surface area contributed by atoms with Crippen LogP contribution in [0.4, 0.5) is 4.39 Å². The number of aryl methyl sites for hydroxylation is 1. The Kier molecular flexibility index (Phi) is 6.09. The number of benzene rings is 1. The van der Waals surface area contributed by atoms with E-state index in [2.05, 4.69) is 10.1 Å². The zero-order chi connectivity index (χ0) is 20.3. The molecule has 1 aromatic carbocycles. The number of sulfonamides is 1. The van der Waals surface area contributed by atoms with Crippen LogP contribution < -0.4 is 0 Å². The van der Waals surface area contributed by atoms with E-state index >= 15 is 0 Å². The molecular weight excluding hydrogens is 387 g/mol. The molecule has 28 heavy (non-hydrogen) atoms. The van der Waals surface area contributed by atoms with Crippen LogP contribution in [0.15, 0.2) is 28.8 Å². The number of carbonyl (C=O) groups is 1. The summed E-state index contributed by atoms with van der Waals surface area (Å²) in [4.78, 5) is 18.4. The molecule has 3 rings (SSSR count). The third-order valence-corrected chi connectivity index (χ3v) is 6.32. The van der Waals surface area contributed by atoms with Gasteiger partial charge in [0.05, 0.1) is 6.26 Å². The molecule has 0 atom stereocenters. The van der Waals surface area contributed by atoms with E-state index in [0.717, 1.165) is 0 Å². The van der Waals surface area contributed by atoms with E-state index < -0.39 is 10.0 Å². The van der Waals surface area contributed by atoms with Gasteiger partial charge in [0, 0.05) is 44.6 Å². The highest BCUT2D eigenvalue weighted by atomic mass is 32.2. The zero-order valence-corrected chi connectivity index (χ0v) is 16.7. The lowest BCUT2D eigenvalue weighted by Gasteiger charge is -2.35. The van der Waals surface area contributed by atoms with E-state index in [-0.39, 0.29) is 24.2 Å². The van der Waals surface area contributed by atoms with Crippen LogP contribution in [-0.2, 0) is 21.2 Å². The van der Waals surface area contributed by atoms with Gasteiger partial charge >= 0.3 is 0 Å². The van der Waals surface area contributed by atoms with Gasteiger partial charge in [-0.3, -0.25) is 4.79 Å². The van der Waals surface area contributed by atoms with Gasteiger partial charge in [0.25, 0.3) is 0 Å². The second kappa shape index (κ2) is 8.36. The van der Waals surface area contributed by atoms with Crippen molar-refractivity contribution >= 4 is 15.9 Å². The SMILES string of the molecule is CN(C1CCN(C(=O)CCc2nc(-c3ccc(F)cc3)no2)CC1)S(C)(=O)=O. The van der Waals surface area contributed by atoms with Crippen molar-refractivity contribution in [2.45, 2.75) is 31.7 Å². The van der Waals surface area contributed by atoms with Crippen molar-refractivity contribution in [3.63, 3.8) is 0 Å². The third kappa shape index (κ3) is 4.93. The zero-order valence-electron chi connectivity index (χ0n) is 15.8. The molecule has 1 aromatic heterocycles. The number of nitrogens with zero attached hydrogens (tertiary/aromatic N) is 4. The number of halogens is 1. The van der Waals surface area contributed by atoms with Crippen molar-refractivity contribution in [2.75, 3.05) is 26.4 Å². The first kappa shape index (κ1) is 20.4. The van der Waals surface area contributed by atoms with E-state index in [0.29, 0.717) is 49.6 Å².